The van der Waals surface area contributed by atoms with Crippen LogP contribution in [0.5, 0.6) is 17.2 Å². The molecule has 0 radical (unpaired) electrons. The van der Waals surface area contributed by atoms with Gasteiger partial charge in [0, 0.05) is 35.9 Å². The van der Waals surface area contributed by atoms with Gasteiger partial charge in [-0.1, -0.05) is 0 Å². The van der Waals surface area contributed by atoms with Gasteiger partial charge in [0.1, 0.15) is 6.33 Å². The highest BCUT2D eigenvalue weighted by Gasteiger charge is 2.14. The van der Waals surface area contributed by atoms with E-state index in [4.69, 9.17) is 14.2 Å². The number of benzene rings is 1. The van der Waals surface area contributed by atoms with E-state index in [1.54, 1.807) is 45.9 Å². The van der Waals surface area contributed by atoms with Gasteiger partial charge in [0.05, 0.1) is 21.3 Å². The van der Waals surface area contributed by atoms with Crippen molar-refractivity contribution in [2.45, 2.75) is 0 Å². The fourth-order valence-electron chi connectivity index (χ4n) is 2.26. The molecule has 0 saturated heterocycles. The van der Waals surface area contributed by atoms with E-state index in [1.165, 1.54) is 6.33 Å². The summed E-state index contributed by atoms with van der Waals surface area (Å²) in [5, 5.41) is 6.18. The molecule has 9 heteroatoms. The van der Waals surface area contributed by atoms with Crippen molar-refractivity contribution in [3.63, 3.8) is 0 Å². The van der Waals surface area contributed by atoms with Crippen LogP contribution in [0.25, 0.3) is 0 Å². The molecule has 0 fully saturated rings. The Morgan fingerprint density at radius 1 is 0.769 bits per heavy atom. The summed E-state index contributed by atoms with van der Waals surface area (Å²) in [6.45, 7) is 0. The van der Waals surface area contributed by atoms with Crippen molar-refractivity contribution in [2.75, 3.05) is 32.0 Å². The molecule has 0 atom stereocenters. The third kappa shape index (κ3) is 3.89. The fraction of sp³-hybridized carbons (Fsp3) is 0.176. The van der Waals surface area contributed by atoms with E-state index in [2.05, 4.69) is 30.6 Å². The van der Waals surface area contributed by atoms with E-state index >= 15 is 0 Å². The molecule has 9 nitrogen and oxygen atoms in total. The molecule has 2 N–H and O–H groups in total. The summed E-state index contributed by atoms with van der Waals surface area (Å²) in [6.07, 6.45) is 4.77. The van der Waals surface area contributed by atoms with Crippen LogP contribution in [0.15, 0.2) is 43.0 Å². The van der Waals surface area contributed by atoms with Crippen molar-refractivity contribution in [2.24, 2.45) is 0 Å². The summed E-state index contributed by atoms with van der Waals surface area (Å²) in [6, 6.07) is 7.16. The highest BCUT2D eigenvalue weighted by Crippen LogP contribution is 2.40. The van der Waals surface area contributed by atoms with Gasteiger partial charge in [-0.05, 0) is 12.1 Å². The number of nitrogens with one attached hydrogen (secondary N) is 2. The van der Waals surface area contributed by atoms with E-state index in [1.807, 2.05) is 12.1 Å². The lowest BCUT2D eigenvalue weighted by molar-refractivity contribution is 0.324. The Morgan fingerprint density at radius 2 is 1.35 bits per heavy atom. The van der Waals surface area contributed by atoms with E-state index in [-0.39, 0.29) is 0 Å². The zero-order valence-electron chi connectivity index (χ0n) is 14.6. The zero-order chi connectivity index (χ0) is 18.4. The third-order valence-corrected chi connectivity index (χ3v) is 3.43. The molecule has 0 saturated carbocycles. The highest BCUT2D eigenvalue weighted by molar-refractivity contribution is 5.66. The van der Waals surface area contributed by atoms with E-state index in [9.17, 15) is 0 Å². The van der Waals surface area contributed by atoms with Crippen molar-refractivity contribution >= 4 is 23.3 Å². The lowest BCUT2D eigenvalue weighted by atomic mass is 10.2. The first-order valence-corrected chi connectivity index (χ1v) is 7.66. The summed E-state index contributed by atoms with van der Waals surface area (Å²) in [5.41, 5.74) is 1.51. The standard InChI is InChI=1S/C17H18N6O3/c1-24-13-8-12(9-14(25-2)15(13)26-3)22-17-20-10-19-16(23-17)21-11-4-6-18-7-5-11/h4-10H,1-3H3,(H2,18,19,20,21,22,23). The average molecular weight is 354 g/mol. The molecule has 0 amide bonds. The summed E-state index contributed by atoms with van der Waals surface area (Å²) >= 11 is 0. The molecular formula is C17H18N6O3. The van der Waals surface area contributed by atoms with Crippen molar-refractivity contribution in [3.8, 4) is 17.2 Å². The maximum atomic E-state index is 5.34. The first kappa shape index (κ1) is 17.2. The monoisotopic (exact) mass is 354 g/mol. The van der Waals surface area contributed by atoms with Gasteiger partial charge in [-0.25, -0.2) is 9.97 Å². The molecule has 134 valence electrons. The van der Waals surface area contributed by atoms with Crippen molar-refractivity contribution in [3.05, 3.63) is 43.0 Å². The van der Waals surface area contributed by atoms with Crippen LogP contribution in [0.1, 0.15) is 0 Å². The van der Waals surface area contributed by atoms with Crippen LogP contribution >= 0.6 is 0 Å². The maximum Gasteiger partial charge on any atom is 0.232 e. The number of anilines is 4. The Kier molecular flexibility index (Phi) is 5.28. The summed E-state index contributed by atoms with van der Waals surface area (Å²) in [4.78, 5) is 16.5. The van der Waals surface area contributed by atoms with Gasteiger partial charge in [0.2, 0.25) is 17.6 Å². The maximum absolute atomic E-state index is 5.34. The molecule has 3 rings (SSSR count). The van der Waals surface area contributed by atoms with E-state index in [0.717, 1.165) is 5.69 Å². The summed E-state index contributed by atoms with van der Waals surface area (Å²) < 4.78 is 16.0. The second kappa shape index (κ2) is 7.97. The molecule has 0 aliphatic carbocycles. The number of aromatic nitrogens is 4. The minimum Gasteiger partial charge on any atom is -0.493 e. The summed E-state index contributed by atoms with van der Waals surface area (Å²) in [7, 11) is 4.66. The largest absolute Gasteiger partial charge is 0.493 e. The molecule has 0 spiro atoms. The van der Waals surface area contributed by atoms with Crippen LogP contribution in [0, 0.1) is 0 Å². The first-order valence-electron chi connectivity index (χ1n) is 7.66. The fourth-order valence-corrected chi connectivity index (χ4v) is 2.26. The van der Waals surface area contributed by atoms with Gasteiger partial charge in [0.25, 0.3) is 0 Å². The zero-order valence-corrected chi connectivity index (χ0v) is 14.6. The number of nitrogens with zero attached hydrogens (tertiary/aromatic N) is 4. The molecule has 0 aliphatic heterocycles. The molecule has 3 aromatic rings. The van der Waals surface area contributed by atoms with Gasteiger partial charge in [-0.15, -0.1) is 0 Å². The quantitative estimate of drug-likeness (QED) is 0.663. The minimum absolute atomic E-state index is 0.367. The lowest BCUT2D eigenvalue weighted by Crippen LogP contribution is -2.03. The molecule has 0 bridgehead atoms. The normalized spacial score (nSPS) is 10.1. The molecule has 2 heterocycles. The number of rotatable bonds is 7. The Hall–Kier alpha value is -3.62. The number of ether oxygens (including phenoxy) is 3. The number of pyridine rings is 1. The number of hydrogen-bond acceptors (Lipinski definition) is 9. The second-order valence-electron chi connectivity index (χ2n) is 5.03. The first-order chi connectivity index (χ1) is 12.7. The molecule has 0 unspecified atom stereocenters. The molecule has 2 aromatic heterocycles. The summed E-state index contributed by atoms with van der Waals surface area (Å²) in [5.74, 6) is 2.33. The highest BCUT2D eigenvalue weighted by atomic mass is 16.5. The molecule has 1 aromatic carbocycles. The van der Waals surface area contributed by atoms with Gasteiger partial charge >= 0.3 is 0 Å². The van der Waals surface area contributed by atoms with Gasteiger partial charge < -0.3 is 24.8 Å². The SMILES string of the molecule is COc1cc(Nc2ncnc(Nc3ccncc3)n2)cc(OC)c1OC. The number of hydrogen-bond donors (Lipinski definition) is 2. The van der Waals surface area contributed by atoms with Crippen molar-refractivity contribution in [1.29, 1.82) is 0 Å². The third-order valence-electron chi connectivity index (χ3n) is 3.43. The molecular weight excluding hydrogens is 336 g/mol. The second-order valence-corrected chi connectivity index (χ2v) is 5.03. The Morgan fingerprint density at radius 3 is 1.88 bits per heavy atom. The Bertz CT molecular complexity index is 850. The predicted octanol–water partition coefficient (Wildman–Crippen LogP) is 2.78. The predicted molar refractivity (Wildman–Crippen MR) is 96.7 cm³/mol. The van der Waals surface area contributed by atoms with Crippen LogP contribution in [0.4, 0.5) is 23.3 Å². The topological polar surface area (TPSA) is 103 Å². The van der Waals surface area contributed by atoms with Gasteiger partial charge in [-0.2, -0.15) is 4.98 Å². The smallest absolute Gasteiger partial charge is 0.232 e. The van der Waals surface area contributed by atoms with Gasteiger partial charge in [-0.3, -0.25) is 4.98 Å². The van der Waals surface area contributed by atoms with Crippen LogP contribution in [0.3, 0.4) is 0 Å². The van der Waals surface area contributed by atoms with Crippen LogP contribution in [-0.4, -0.2) is 41.3 Å². The van der Waals surface area contributed by atoms with Gasteiger partial charge in [0.15, 0.2) is 11.5 Å². The molecule has 26 heavy (non-hydrogen) atoms. The van der Waals surface area contributed by atoms with E-state index in [0.29, 0.717) is 34.8 Å². The lowest BCUT2D eigenvalue weighted by Gasteiger charge is -2.14. The van der Waals surface area contributed by atoms with Crippen LogP contribution in [-0.2, 0) is 0 Å². The van der Waals surface area contributed by atoms with E-state index < -0.39 is 0 Å². The number of methoxy groups -OCH3 is 3. The van der Waals surface area contributed by atoms with Crippen LogP contribution < -0.4 is 24.8 Å². The molecule has 0 aliphatic rings. The Balaban J connectivity index is 1.84. The van der Waals surface area contributed by atoms with Crippen molar-refractivity contribution < 1.29 is 14.2 Å². The Labute approximate surface area is 150 Å². The minimum atomic E-state index is 0.367. The average Bonchev–Trinajstić information content (AvgIpc) is 2.68. The van der Waals surface area contributed by atoms with Crippen molar-refractivity contribution in [1.82, 2.24) is 19.9 Å². The van der Waals surface area contributed by atoms with Crippen LogP contribution in [0.2, 0.25) is 0 Å².